The summed E-state index contributed by atoms with van der Waals surface area (Å²) in [6.07, 6.45) is 2.12. The third kappa shape index (κ3) is 4.86. The van der Waals surface area contributed by atoms with E-state index in [1.165, 1.54) is 5.56 Å². The number of hydrogen-bond acceptors (Lipinski definition) is 6. The third-order valence-corrected chi connectivity index (χ3v) is 3.91. The summed E-state index contributed by atoms with van der Waals surface area (Å²) in [5, 5.41) is 0.771. The average Bonchev–Trinajstić information content (AvgIpc) is 2.39. The summed E-state index contributed by atoms with van der Waals surface area (Å²) in [4.78, 5) is 11.8. The highest BCUT2D eigenvalue weighted by Crippen LogP contribution is 2.14. The largest absolute Gasteiger partial charge is 0.368 e. The first kappa shape index (κ1) is 14.9. The van der Waals surface area contributed by atoms with E-state index in [1.54, 1.807) is 11.8 Å². The van der Waals surface area contributed by atoms with Crippen molar-refractivity contribution in [1.82, 2.24) is 15.0 Å². The zero-order valence-corrected chi connectivity index (χ0v) is 12.5. The molecule has 0 radical (unpaired) electrons. The molecule has 1 aromatic carbocycles. The van der Waals surface area contributed by atoms with Gasteiger partial charge in [-0.15, -0.1) is 0 Å². The summed E-state index contributed by atoms with van der Waals surface area (Å²) < 4.78 is 0. The Hall–Kier alpha value is -1.53. The Labute approximate surface area is 127 Å². The zero-order valence-electron chi connectivity index (χ0n) is 10.9. The van der Waals surface area contributed by atoms with E-state index in [1.807, 2.05) is 12.1 Å². The van der Waals surface area contributed by atoms with Gasteiger partial charge in [-0.1, -0.05) is 23.7 Å². The molecule has 0 amide bonds. The number of nitrogens with two attached hydrogens (primary N) is 2. The van der Waals surface area contributed by atoms with Gasteiger partial charge in [0.15, 0.2) is 0 Å². The van der Waals surface area contributed by atoms with E-state index in [4.69, 9.17) is 23.1 Å². The number of anilines is 2. The molecule has 7 heteroatoms. The molecule has 106 valence electrons. The van der Waals surface area contributed by atoms with Crippen molar-refractivity contribution in [3.8, 4) is 0 Å². The molecule has 0 atom stereocenters. The molecule has 0 unspecified atom stereocenters. The minimum absolute atomic E-state index is 0.175. The van der Waals surface area contributed by atoms with Gasteiger partial charge in [0.1, 0.15) is 5.82 Å². The minimum Gasteiger partial charge on any atom is -0.368 e. The average molecular weight is 310 g/mol. The van der Waals surface area contributed by atoms with E-state index >= 15 is 0 Å². The Morgan fingerprint density at radius 1 is 1.00 bits per heavy atom. The molecule has 0 saturated carbocycles. The van der Waals surface area contributed by atoms with Crippen molar-refractivity contribution in [2.75, 3.05) is 17.2 Å². The molecular weight excluding hydrogens is 294 g/mol. The van der Waals surface area contributed by atoms with Crippen molar-refractivity contribution in [1.29, 1.82) is 0 Å². The smallest absolute Gasteiger partial charge is 0.225 e. The number of thioether (sulfide) groups is 1. The monoisotopic (exact) mass is 309 g/mol. The van der Waals surface area contributed by atoms with Crippen molar-refractivity contribution in [3.63, 3.8) is 0 Å². The highest BCUT2D eigenvalue weighted by atomic mass is 35.5. The number of benzene rings is 1. The van der Waals surface area contributed by atoms with Crippen LogP contribution in [0.25, 0.3) is 0 Å². The second-order valence-corrected chi connectivity index (χ2v) is 5.79. The first-order valence-electron chi connectivity index (χ1n) is 6.21. The van der Waals surface area contributed by atoms with Gasteiger partial charge < -0.3 is 11.5 Å². The lowest BCUT2D eigenvalue weighted by Gasteiger charge is -2.03. The number of nitrogens with zero attached hydrogens (tertiary/aromatic N) is 3. The van der Waals surface area contributed by atoms with Crippen LogP contribution in [-0.4, -0.2) is 20.7 Å². The summed E-state index contributed by atoms with van der Waals surface area (Å²) in [6, 6.07) is 7.95. The molecule has 1 heterocycles. The molecule has 0 aliphatic rings. The van der Waals surface area contributed by atoms with Gasteiger partial charge in [0.2, 0.25) is 11.9 Å². The molecule has 0 spiro atoms. The van der Waals surface area contributed by atoms with Crippen LogP contribution in [0.4, 0.5) is 11.9 Å². The maximum absolute atomic E-state index is 5.85. The Morgan fingerprint density at radius 2 is 1.65 bits per heavy atom. The fraction of sp³-hybridized carbons (Fsp3) is 0.308. The summed E-state index contributed by atoms with van der Waals surface area (Å²) in [5.74, 6) is 2.70. The number of rotatable bonds is 6. The molecule has 0 aliphatic carbocycles. The Bertz CT molecular complexity index is 541. The maximum atomic E-state index is 5.85. The lowest BCUT2D eigenvalue weighted by Crippen LogP contribution is -2.06. The fourth-order valence-electron chi connectivity index (χ4n) is 1.71. The van der Waals surface area contributed by atoms with Crippen LogP contribution >= 0.6 is 23.4 Å². The summed E-state index contributed by atoms with van der Waals surface area (Å²) in [7, 11) is 0. The normalized spacial score (nSPS) is 10.7. The highest BCUT2D eigenvalue weighted by molar-refractivity contribution is 7.98. The molecule has 2 aromatic rings. The van der Waals surface area contributed by atoms with E-state index < -0.39 is 0 Å². The second-order valence-electron chi connectivity index (χ2n) is 4.25. The number of halogens is 1. The predicted octanol–water partition coefficient (Wildman–Crippen LogP) is 2.56. The number of nitrogen functional groups attached to an aromatic ring is 2. The van der Waals surface area contributed by atoms with Crippen LogP contribution in [0.15, 0.2) is 24.3 Å². The molecule has 0 aliphatic heterocycles. The van der Waals surface area contributed by atoms with Crippen LogP contribution in [0.5, 0.6) is 0 Å². The predicted molar refractivity (Wildman–Crippen MR) is 84.6 cm³/mol. The first-order valence-corrected chi connectivity index (χ1v) is 7.75. The van der Waals surface area contributed by atoms with E-state index in [9.17, 15) is 0 Å². The maximum Gasteiger partial charge on any atom is 0.225 e. The lowest BCUT2D eigenvalue weighted by molar-refractivity contribution is 0.929. The Morgan fingerprint density at radius 3 is 2.30 bits per heavy atom. The second kappa shape index (κ2) is 7.31. The molecule has 4 N–H and O–H groups in total. The van der Waals surface area contributed by atoms with Gasteiger partial charge in [0.05, 0.1) is 5.75 Å². The number of aromatic nitrogens is 3. The van der Waals surface area contributed by atoms with Crippen LogP contribution in [0.3, 0.4) is 0 Å². The van der Waals surface area contributed by atoms with Gasteiger partial charge in [-0.3, -0.25) is 0 Å². The molecule has 5 nitrogen and oxygen atoms in total. The SMILES string of the molecule is Nc1nc(N)nc(CSCCCc2ccc(Cl)cc2)n1. The summed E-state index contributed by atoms with van der Waals surface area (Å²) >= 11 is 7.60. The van der Waals surface area contributed by atoms with Crippen LogP contribution in [0, 0.1) is 0 Å². The molecule has 1 aromatic heterocycles. The molecule has 0 saturated heterocycles. The van der Waals surface area contributed by atoms with Gasteiger partial charge in [-0.2, -0.15) is 26.7 Å². The highest BCUT2D eigenvalue weighted by Gasteiger charge is 2.02. The van der Waals surface area contributed by atoms with E-state index in [0.29, 0.717) is 11.6 Å². The molecular formula is C13H16ClN5S. The van der Waals surface area contributed by atoms with E-state index in [0.717, 1.165) is 23.6 Å². The van der Waals surface area contributed by atoms with Crippen molar-refractivity contribution in [2.24, 2.45) is 0 Å². The van der Waals surface area contributed by atoms with Crippen molar-refractivity contribution in [3.05, 3.63) is 40.7 Å². The Balaban J connectivity index is 1.70. The van der Waals surface area contributed by atoms with E-state index in [-0.39, 0.29) is 11.9 Å². The zero-order chi connectivity index (χ0) is 14.4. The van der Waals surface area contributed by atoms with E-state index in [2.05, 4.69) is 27.1 Å². The molecule has 2 rings (SSSR count). The minimum atomic E-state index is 0.175. The van der Waals surface area contributed by atoms with Gasteiger partial charge in [-0.05, 0) is 36.3 Å². The topological polar surface area (TPSA) is 90.7 Å². The fourth-order valence-corrected chi connectivity index (χ4v) is 2.64. The van der Waals surface area contributed by atoms with Crippen LogP contribution in [0.2, 0.25) is 5.02 Å². The lowest BCUT2D eigenvalue weighted by atomic mass is 10.1. The van der Waals surface area contributed by atoms with Crippen molar-refractivity contribution < 1.29 is 0 Å². The third-order valence-electron chi connectivity index (χ3n) is 2.61. The van der Waals surface area contributed by atoms with Crippen LogP contribution < -0.4 is 11.5 Å². The number of aryl methyl sites for hydroxylation is 1. The van der Waals surface area contributed by atoms with Gasteiger partial charge in [0, 0.05) is 5.02 Å². The summed E-state index contributed by atoms with van der Waals surface area (Å²) in [5.41, 5.74) is 12.3. The summed E-state index contributed by atoms with van der Waals surface area (Å²) in [6.45, 7) is 0. The van der Waals surface area contributed by atoms with Crippen molar-refractivity contribution in [2.45, 2.75) is 18.6 Å². The standard InChI is InChI=1S/C13H16ClN5S/c14-10-5-3-9(4-6-10)2-1-7-20-8-11-17-12(15)19-13(16)18-11/h3-6H,1-2,7-8H2,(H4,15,16,17,18,19). The molecule has 20 heavy (non-hydrogen) atoms. The first-order chi connectivity index (χ1) is 9.63. The molecule has 0 fully saturated rings. The van der Waals surface area contributed by atoms with Gasteiger partial charge >= 0.3 is 0 Å². The van der Waals surface area contributed by atoms with Crippen LogP contribution in [-0.2, 0) is 12.2 Å². The van der Waals surface area contributed by atoms with Crippen molar-refractivity contribution >= 4 is 35.3 Å². The number of hydrogen-bond donors (Lipinski definition) is 2. The quantitative estimate of drug-likeness (QED) is 0.797. The molecule has 0 bridgehead atoms. The Kier molecular flexibility index (Phi) is 5.43. The van der Waals surface area contributed by atoms with Gasteiger partial charge in [0.25, 0.3) is 0 Å². The van der Waals surface area contributed by atoms with Gasteiger partial charge in [-0.25, -0.2) is 0 Å². The van der Waals surface area contributed by atoms with Crippen LogP contribution in [0.1, 0.15) is 17.8 Å².